The number of aryl methyl sites for hydroxylation is 1. The van der Waals surface area contributed by atoms with Gasteiger partial charge in [-0.2, -0.15) is 23.4 Å². The number of nitrogens with one attached hydrogen (secondary N) is 1. The minimum atomic E-state index is -4.68. The molecule has 0 aliphatic heterocycles. The summed E-state index contributed by atoms with van der Waals surface area (Å²) in [6, 6.07) is 1.16. The lowest BCUT2D eigenvalue weighted by Gasteiger charge is -2.12. The fourth-order valence-corrected chi connectivity index (χ4v) is 6.03. The monoisotopic (exact) mass is 581 g/mol. The molecule has 1 aliphatic carbocycles. The molecule has 0 bridgehead atoms. The van der Waals surface area contributed by atoms with Crippen LogP contribution in [0.2, 0.25) is 0 Å². The number of carbonyl (C=O) groups excluding carboxylic acids is 2. The molecule has 0 fully saturated rings. The number of alkyl halides is 5. The van der Waals surface area contributed by atoms with Gasteiger partial charge in [-0.1, -0.05) is 6.42 Å². The Bertz CT molecular complexity index is 1640. The van der Waals surface area contributed by atoms with Crippen molar-refractivity contribution < 1.29 is 31.5 Å². The van der Waals surface area contributed by atoms with Gasteiger partial charge < -0.3 is 11.1 Å². The molecular formula is C25H24F5N7O2S. The Hall–Kier alpha value is -3.88. The van der Waals surface area contributed by atoms with Crippen molar-refractivity contribution in [3.8, 4) is 11.1 Å². The number of halogens is 5. The predicted molar refractivity (Wildman–Crippen MR) is 137 cm³/mol. The van der Waals surface area contributed by atoms with Crippen molar-refractivity contribution in [2.75, 3.05) is 5.32 Å². The topological polar surface area (TPSA) is 121 Å². The molecule has 9 nitrogen and oxygen atoms in total. The van der Waals surface area contributed by atoms with Crippen LogP contribution >= 0.6 is 11.3 Å². The minimum absolute atomic E-state index is 0.0347. The fraction of sp³-hybridized carbons (Fsp3) is 0.400. The van der Waals surface area contributed by atoms with Gasteiger partial charge in [0.15, 0.2) is 5.69 Å². The average Bonchev–Trinajstić information content (AvgIpc) is 3.45. The van der Waals surface area contributed by atoms with Gasteiger partial charge >= 0.3 is 6.18 Å². The number of nitrogens with zero attached hydrogens (tertiary/aromatic N) is 5. The number of rotatable bonds is 6. The summed E-state index contributed by atoms with van der Waals surface area (Å²) in [5.74, 6) is -1.70. The second-order valence-corrected chi connectivity index (χ2v) is 10.6. The van der Waals surface area contributed by atoms with Crippen LogP contribution in [-0.4, -0.2) is 36.4 Å². The quantitative estimate of drug-likeness (QED) is 0.241. The number of thiophene rings is 1. The van der Waals surface area contributed by atoms with Crippen LogP contribution in [0.15, 0.2) is 12.3 Å². The standard InChI is InChI=1S/C25H24F5N7O2S/c1-11-14(9-32-36(11)2)13-8-15(22(26)27)33-24-18(13)19(20(40-24)23(31)39)34-17(38)10-37-16-7-5-3-4-6-12(16)21(35-37)25(28,29)30/h8-9,22H,3-7,10H2,1-2H3,(H2,31,39)(H,34,38). The molecule has 0 radical (unpaired) electrons. The Labute approximate surface area is 228 Å². The summed E-state index contributed by atoms with van der Waals surface area (Å²) in [5.41, 5.74) is 5.74. The Kier molecular flexibility index (Phi) is 7.10. The van der Waals surface area contributed by atoms with E-state index >= 15 is 0 Å². The third kappa shape index (κ3) is 4.93. The summed E-state index contributed by atoms with van der Waals surface area (Å²) in [6.45, 7) is 1.16. The van der Waals surface area contributed by atoms with E-state index < -0.39 is 42.3 Å². The van der Waals surface area contributed by atoms with Crippen molar-refractivity contribution in [2.24, 2.45) is 12.8 Å². The lowest BCUT2D eigenvalue weighted by atomic mass is 10.0. The van der Waals surface area contributed by atoms with Crippen LogP contribution in [0.5, 0.6) is 0 Å². The second-order valence-electron chi connectivity index (χ2n) is 9.55. The molecule has 212 valence electrons. The molecule has 4 heterocycles. The van der Waals surface area contributed by atoms with Gasteiger partial charge in [-0.15, -0.1) is 11.3 Å². The molecule has 5 rings (SSSR count). The number of carbonyl (C=O) groups is 2. The number of hydrogen-bond donors (Lipinski definition) is 2. The molecule has 0 atom stereocenters. The molecule has 0 unspecified atom stereocenters. The van der Waals surface area contributed by atoms with Gasteiger partial charge in [-0.25, -0.2) is 13.8 Å². The molecule has 0 aromatic carbocycles. The van der Waals surface area contributed by atoms with Crippen molar-refractivity contribution in [3.63, 3.8) is 0 Å². The van der Waals surface area contributed by atoms with E-state index in [1.54, 1.807) is 14.0 Å². The average molecular weight is 582 g/mol. The molecule has 15 heteroatoms. The lowest BCUT2D eigenvalue weighted by molar-refractivity contribution is -0.142. The van der Waals surface area contributed by atoms with Crippen LogP contribution in [0.4, 0.5) is 27.6 Å². The van der Waals surface area contributed by atoms with Gasteiger partial charge in [0.05, 0.1) is 11.9 Å². The van der Waals surface area contributed by atoms with E-state index in [0.29, 0.717) is 36.2 Å². The number of nitrogens with two attached hydrogens (primary N) is 1. The molecule has 4 aromatic rings. The highest BCUT2D eigenvalue weighted by Crippen LogP contribution is 2.43. The van der Waals surface area contributed by atoms with Gasteiger partial charge in [0, 0.05) is 34.9 Å². The maximum absolute atomic E-state index is 13.7. The van der Waals surface area contributed by atoms with Crippen molar-refractivity contribution in [1.29, 1.82) is 0 Å². The number of aromatic nitrogens is 5. The first kappa shape index (κ1) is 27.7. The van der Waals surface area contributed by atoms with Crippen molar-refractivity contribution >= 4 is 39.1 Å². The third-order valence-electron chi connectivity index (χ3n) is 6.99. The van der Waals surface area contributed by atoms with Crippen molar-refractivity contribution in [1.82, 2.24) is 24.5 Å². The number of hydrogen-bond acceptors (Lipinski definition) is 6. The number of amides is 2. The second kappa shape index (κ2) is 10.3. The summed E-state index contributed by atoms with van der Waals surface area (Å²) in [5, 5.41) is 10.7. The number of primary amides is 1. The first-order valence-corrected chi connectivity index (χ1v) is 13.2. The highest BCUT2D eigenvalue weighted by atomic mass is 32.1. The molecule has 3 N–H and O–H groups in total. The maximum Gasteiger partial charge on any atom is 0.435 e. The van der Waals surface area contributed by atoms with Gasteiger partial charge in [0.25, 0.3) is 12.3 Å². The first-order valence-electron chi connectivity index (χ1n) is 12.4. The minimum Gasteiger partial charge on any atom is -0.365 e. The van der Waals surface area contributed by atoms with E-state index in [0.717, 1.165) is 28.5 Å². The van der Waals surface area contributed by atoms with Crippen LogP contribution in [0.1, 0.15) is 63.7 Å². The van der Waals surface area contributed by atoms with Crippen molar-refractivity contribution in [2.45, 2.75) is 58.2 Å². The van der Waals surface area contributed by atoms with E-state index in [1.165, 1.54) is 10.9 Å². The van der Waals surface area contributed by atoms with Crippen LogP contribution in [-0.2, 0) is 37.4 Å². The largest absolute Gasteiger partial charge is 0.435 e. The van der Waals surface area contributed by atoms with E-state index in [2.05, 4.69) is 20.5 Å². The predicted octanol–water partition coefficient (Wildman–Crippen LogP) is 5.16. The fourth-order valence-electron chi connectivity index (χ4n) is 5.02. The summed E-state index contributed by atoms with van der Waals surface area (Å²) in [6.07, 6.45) is -3.59. The zero-order chi connectivity index (χ0) is 28.9. The molecule has 0 saturated heterocycles. The van der Waals surface area contributed by atoms with E-state index in [1.807, 2.05) is 0 Å². The Morgan fingerprint density at radius 3 is 2.52 bits per heavy atom. The lowest BCUT2D eigenvalue weighted by Crippen LogP contribution is -2.23. The summed E-state index contributed by atoms with van der Waals surface area (Å²) in [4.78, 5) is 29.5. The highest BCUT2D eigenvalue weighted by molar-refractivity contribution is 7.21. The number of pyridine rings is 1. The molecule has 2 amide bonds. The highest BCUT2D eigenvalue weighted by Gasteiger charge is 2.39. The molecular weight excluding hydrogens is 557 g/mol. The zero-order valence-corrected chi connectivity index (χ0v) is 22.2. The zero-order valence-electron chi connectivity index (χ0n) is 21.4. The first-order chi connectivity index (χ1) is 18.9. The van der Waals surface area contributed by atoms with Crippen LogP contribution in [0, 0.1) is 6.92 Å². The Balaban J connectivity index is 1.61. The normalized spacial score (nSPS) is 14.0. The van der Waals surface area contributed by atoms with Gasteiger partial charge in [0.2, 0.25) is 5.91 Å². The SMILES string of the molecule is Cc1c(-c2cc(C(F)F)nc3sc(C(N)=O)c(NC(=O)Cn4nc(C(F)(F)F)c5c4CCCCC5)c23)cnn1C. The third-order valence-corrected chi connectivity index (χ3v) is 8.09. The Morgan fingerprint density at radius 1 is 1.18 bits per heavy atom. The summed E-state index contributed by atoms with van der Waals surface area (Å²) in [7, 11) is 1.67. The smallest absolute Gasteiger partial charge is 0.365 e. The van der Waals surface area contributed by atoms with E-state index in [4.69, 9.17) is 5.73 Å². The molecule has 40 heavy (non-hydrogen) atoms. The van der Waals surface area contributed by atoms with E-state index in [-0.39, 0.29) is 38.3 Å². The van der Waals surface area contributed by atoms with E-state index in [9.17, 15) is 31.5 Å². The van der Waals surface area contributed by atoms with Crippen LogP contribution in [0.3, 0.4) is 0 Å². The number of fused-ring (bicyclic) bond motifs is 2. The summed E-state index contributed by atoms with van der Waals surface area (Å²) >= 11 is 0.734. The summed E-state index contributed by atoms with van der Waals surface area (Å²) < 4.78 is 71.2. The Morgan fingerprint density at radius 2 is 1.90 bits per heavy atom. The van der Waals surface area contributed by atoms with Gasteiger partial charge in [-0.3, -0.25) is 19.0 Å². The molecule has 0 spiro atoms. The van der Waals surface area contributed by atoms with Gasteiger partial charge in [-0.05, 0) is 44.2 Å². The maximum atomic E-state index is 13.7. The van der Waals surface area contributed by atoms with Crippen molar-refractivity contribution in [3.05, 3.63) is 45.5 Å². The molecule has 4 aromatic heterocycles. The molecule has 1 aliphatic rings. The van der Waals surface area contributed by atoms with Crippen LogP contribution in [0.25, 0.3) is 21.3 Å². The van der Waals surface area contributed by atoms with Crippen LogP contribution < -0.4 is 11.1 Å². The number of anilines is 1. The van der Waals surface area contributed by atoms with Gasteiger partial charge in [0.1, 0.15) is 21.9 Å². The molecule has 0 saturated carbocycles.